The topological polar surface area (TPSA) is 134 Å². The average molecular weight is 298 g/mol. The van der Waals surface area contributed by atoms with Crippen molar-refractivity contribution < 1.29 is 14.8 Å². The molecule has 3 N–H and O–H groups in total. The predicted molar refractivity (Wildman–Crippen MR) is 68.3 cm³/mol. The number of hydrogen-bond donors (Lipinski definition) is 3. The zero-order valence-corrected chi connectivity index (χ0v) is 10.6. The van der Waals surface area contributed by atoms with Crippen LogP contribution in [0.1, 0.15) is 5.56 Å². The summed E-state index contributed by atoms with van der Waals surface area (Å²) in [5, 5.41) is 27.8. The molecular weight excluding hydrogens is 290 g/mol. The molecule has 0 fully saturated rings. The number of amides is 1. The van der Waals surface area contributed by atoms with Gasteiger partial charge in [0.25, 0.3) is 5.69 Å². The molecule has 9 nitrogen and oxygen atoms in total. The first-order chi connectivity index (χ1) is 9.49. The molecule has 0 radical (unpaired) electrons. The second-order valence-corrected chi connectivity index (χ2v) is 4.12. The molecule has 0 aliphatic carbocycles. The highest BCUT2D eigenvalue weighted by Gasteiger charge is 2.16. The highest BCUT2D eigenvalue weighted by molar-refractivity contribution is 6.33. The summed E-state index contributed by atoms with van der Waals surface area (Å²) < 4.78 is 0. The van der Waals surface area contributed by atoms with Gasteiger partial charge in [0.2, 0.25) is 0 Å². The van der Waals surface area contributed by atoms with Gasteiger partial charge in [-0.2, -0.15) is 5.10 Å². The van der Waals surface area contributed by atoms with E-state index in [2.05, 4.69) is 20.5 Å². The minimum atomic E-state index is -1.18. The van der Waals surface area contributed by atoms with Crippen LogP contribution in [0.2, 0.25) is 5.02 Å². The molecule has 0 saturated heterocycles. The van der Waals surface area contributed by atoms with Crippen LogP contribution in [-0.4, -0.2) is 31.3 Å². The zero-order chi connectivity index (χ0) is 14.7. The summed E-state index contributed by atoms with van der Waals surface area (Å²) in [5.41, 5.74) is 0.953. The SMILES string of the molecule is O=C(O)NCc1cn[nH]c1-c1ncc([N+](=O)[O-])cc1Cl. The molecule has 0 bridgehead atoms. The number of carbonyl (C=O) groups is 1. The Morgan fingerprint density at radius 1 is 1.55 bits per heavy atom. The smallest absolute Gasteiger partial charge is 0.404 e. The van der Waals surface area contributed by atoms with Gasteiger partial charge in [0.15, 0.2) is 0 Å². The van der Waals surface area contributed by atoms with Crippen molar-refractivity contribution in [2.24, 2.45) is 0 Å². The van der Waals surface area contributed by atoms with Crippen LogP contribution >= 0.6 is 11.6 Å². The largest absolute Gasteiger partial charge is 0.465 e. The van der Waals surface area contributed by atoms with Gasteiger partial charge in [-0.1, -0.05) is 11.6 Å². The van der Waals surface area contributed by atoms with Crippen molar-refractivity contribution in [1.29, 1.82) is 0 Å². The summed E-state index contributed by atoms with van der Waals surface area (Å²) in [6, 6.07) is 1.17. The van der Waals surface area contributed by atoms with E-state index in [1.165, 1.54) is 12.3 Å². The number of aromatic amines is 1. The number of rotatable bonds is 4. The second-order valence-electron chi connectivity index (χ2n) is 3.71. The molecular formula is C10H8ClN5O4. The number of nitrogens with one attached hydrogen (secondary N) is 2. The number of H-pyrrole nitrogens is 1. The lowest BCUT2D eigenvalue weighted by atomic mass is 10.2. The van der Waals surface area contributed by atoms with Crippen LogP contribution in [0.5, 0.6) is 0 Å². The molecule has 0 atom stereocenters. The third-order valence-electron chi connectivity index (χ3n) is 2.42. The van der Waals surface area contributed by atoms with Gasteiger partial charge >= 0.3 is 6.09 Å². The second kappa shape index (κ2) is 5.53. The van der Waals surface area contributed by atoms with Gasteiger partial charge in [0, 0.05) is 18.2 Å². The summed E-state index contributed by atoms with van der Waals surface area (Å²) in [4.78, 5) is 24.4. The number of nitrogens with zero attached hydrogens (tertiary/aromatic N) is 3. The highest BCUT2D eigenvalue weighted by Crippen LogP contribution is 2.29. The standard InChI is InChI=1S/C10H8ClN5O4/c11-7-1-6(16(19)20)4-12-9(7)8-5(3-14-15-8)2-13-10(17)18/h1,3-4,13H,2H2,(H,14,15)(H,17,18). The van der Waals surface area contributed by atoms with Gasteiger partial charge in [-0.15, -0.1) is 0 Å². The van der Waals surface area contributed by atoms with E-state index >= 15 is 0 Å². The fourth-order valence-electron chi connectivity index (χ4n) is 1.53. The van der Waals surface area contributed by atoms with E-state index in [1.807, 2.05) is 0 Å². The maximum absolute atomic E-state index is 10.6. The number of aromatic nitrogens is 3. The van der Waals surface area contributed by atoms with E-state index in [9.17, 15) is 14.9 Å². The first-order valence-electron chi connectivity index (χ1n) is 5.28. The third kappa shape index (κ3) is 2.83. The van der Waals surface area contributed by atoms with E-state index in [4.69, 9.17) is 16.7 Å². The van der Waals surface area contributed by atoms with Crippen LogP contribution in [0, 0.1) is 10.1 Å². The molecule has 104 valence electrons. The Labute approximate surface area is 116 Å². The molecule has 0 unspecified atom stereocenters. The van der Waals surface area contributed by atoms with Crippen molar-refractivity contribution >= 4 is 23.4 Å². The summed E-state index contributed by atoms with van der Waals surface area (Å²) >= 11 is 5.95. The molecule has 0 aromatic carbocycles. The number of carboxylic acid groups (broad SMARTS) is 1. The average Bonchev–Trinajstić information content (AvgIpc) is 2.84. The van der Waals surface area contributed by atoms with E-state index in [0.29, 0.717) is 11.3 Å². The van der Waals surface area contributed by atoms with Crippen molar-refractivity contribution in [3.05, 3.63) is 39.2 Å². The molecule has 10 heteroatoms. The van der Waals surface area contributed by atoms with Gasteiger partial charge < -0.3 is 10.4 Å². The Hall–Kier alpha value is -2.68. The van der Waals surface area contributed by atoms with Crippen LogP contribution in [-0.2, 0) is 6.54 Å². The van der Waals surface area contributed by atoms with Crippen molar-refractivity contribution in [1.82, 2.24) is 20.5 Å². The molecule has 0 aliphatic heterocycles. The number of hydrogen-bond acceptors (Lipinski definition) is 5. The Kier molecular flexibility index (Phi) is 3.80. The number of halogens is 1. The Bertz CT molecular complexity index is 671. The predicted octanol–water partition coefficient (Wildman–Crippen LogP) is 1.80. The first kappa shape index (κ1) is 13.7. The van der Waals surface area contributed by atoms with Gasteiger partial charge in [-0.3, -0.25) is 15.2 Å². The quantitative estimate of drug-likeness (QED) is 0.582. The fraction of sp³-hybridized carbons (Fsp3) is 0.100. The maximum atomic E-state index is 10.6. The molecule has 0 aliphatic rings. The molecule has 2 rings (SSSR count). The van der Waals surface area contributed by atoms with E-state index < -0.39 is 11.0 Å². The Balaban J connectivity index is 2.35. The molecule has 1 amide bonds. The van der Waals surface area contributed by atoms with E-state index in [1.54, 1.807) is 0 Å². The minimum Gasteiger partial charge on any atom is -0.465 e. The highest BCUT2D eigenvalue weighted by atomic mass is 35.5. The lowest BCUT2D eigenvalue weighted by Crippen LogP contribution is -2.20. The van der Waals surface area contributed by atoms with Crippen LogP contribution in [0.25, 0.3) is 11.4 Å². The summed E-state index contributed by atoms with van der Waals surface area (Å²) in [6.45, 7) is 0.0101. The fourth-order valence-corrected chi connectivity index (χ4v) is 1.79. The van der Waals surface area contributed by atoms with Gasteiger partial charge in [0.1, 0.15) is 11.9 Å². The van der Waals surface area contributed by atoms with Crippen LogP contribution < -0.4 is 5.32 Å². The normalized spacial score (nSPS) is 10.2. The summed E-state index contributed by atoms with van der Waals surface area (Å²) in [7, 11) is 0. The Morgan fingerprint density at radius 2 is 2.30 bits per heavy atom. The van der Waals surface area contributed by atoms with Crippen molar-refractivity contribution in [3.63, 3.8) is 0 Å². The van der Waals surface area contributed by atoms with Crippen molar-refractivity contribution in [2.45, 2.75) is 6.54 Å². The van der Waals surface area contributed by atoms with Crippen LogP contribution in [0.3, 0.4) is 0 Å². The molecule has 0 spiro atoms. The van der Waals surface area contributed by atoms with E-state index in [-0.39, 0.29) is 22.9 Å². The minimum absolute atomic E-state index is 0.0101. The molecule has 2 aromatic heterocycles. The van der Waals surface area contributed by atoms with Crippen LogP contribution in [0.15, 0.2) is 18.5 Å². The third-order valence-corrected chi connectivity index (χ3v) is 2.71. The van der Waals surface area contributed by atoms with Crippen molar-refractivity contribution in [2.75, 3.05) is 0 Å². The van der Waals surface area contributed by atoms with Gasteiger partial charge in [-0.05, 0) is 0 Å². The monoisotopic (exact) mass is 297 g/mol. The maximum Gasteiger partial charge on any atom is 0.404 e. The Morgan fingerprint density at radius 3 is 2.90 bits per heavy atom. The van der Waals surface area contributed by atoms with Crippen LogP contribution in [0.4, 0.5) is 10.5 Å². The van der Waals surface area contributed by atoms with Gasteiger partial charge in [-0.25, -0.2) is 9.78 Å². The lowest BCUT2D eigenvalue weighted by Gasteiger charge is -2.04. The molecule has 20 heavy (non-hydrogen) atoms. The molecule has 2 heterocycles. The zero-order valence-electron chi connectivity index (χ0n) is 9.83. The van der Waals surface area contributed by atoms with E-state index in [0.717, 1.165) is 6.20 Å². The van der Waals surface area contributed by atoms with Crippen molar-refractivity contribution in [3.8, 4) is 11.4 Å². The molecule has 0 saturated carbocycles. The number of nitro groups is 1. The molecule has 2 aromatic rings. The summed E-state index contributed by atoms with van der Waals surface area (Å²) in [5.74, 6) is 0. The first-order valence-corrected chi connectivity index (χ1v) is 5.66. The summed E-state index contributed by atoms with van der Waals surface area (Å²) in [6.07, 6.45) is 1.31. The number of pyridine rings is 1. The lowest BCUT2D eigenvalue weighted by molar-refractivity contribution is -0.385. The van der Waals surface area contributed by atoms with Gasteiger partial charge in [0.05, 0.1) is 21.8 Å².